The molecule has 0 saturated carbocycles. The van der Waals surface area contributed by atoms with Crippen molar-refractivity contribution >= 4 is 17.4 Å². The van der Waals surface area contributed by atoms with Crippen molar-refractivity contribution in [2.75, 3.05) is 0 Å². The first kappa shape index (κ1) is 13.4. The van der Waals surface area contributed by atoms with E-state index in [2.05, 4.69) is 18.2 Å². The van der Waals surface area contributed by atoms with Crippen molar-refractivity contribution in [3.05, 3.63) is 69.7 Å². The first-order chi connectivity index (χ1) is 9.66. The fourth-order valence-electron chi connectivity index (χ4n) is 3.03. The number of fused-ring (bicyclic) bond motifs is 1. The van der Waals surface area contributed by atoms with Gasteiger partial charge in [-0.1, -0.05) is 35.9 Å². The highest BCUT2D eigenvalue weighted by atomic mass is 35.5. The van der Waals surface area contributed by atoms with E-state index < -0.39 is 0 Å². The number of carbonyl (C=O) groups excluding carboxylic acids is 1. The summed E-state index contributed by atoms with van der Waals surface area (Å²) in [5.41, 5.74) is 4.26. The van der Waals surface area contributed by atoms with Crippen molar-refractivity contribution in [3.8, 4) is 0 Å². The lowest BCUT2D eigenvalue weighted by atomic mass is 9.79. The zero-order chi connectivity index (χ0) is 14.1. The molecule has 0 bridgehead atoms. The van der Waals surface area contributed by atoms with Gasteiger partial charge in [-0.15, -0.1) is 0 Å². The summed E-state index contributed by atoms with van der Waals surface area (Å²) in [6, 6.07) is 13.9. The van der Waals surface area contributed by atoms with E-state index in [9.17, 15) is 4.79 Å². The van der Waals surface area contributed by atoms with Gasteiger partial charge in [-0.05, 0) is 61.1 Å². The van der Waals surface area contributed by atoms with Gasteiger partial charge in [-0.3, -0.25) is 4.79 Å². The number of Topliss-reactive ketones (excluding diaryl/α,β-unsaturated/α-hetero) is 1. The van der Waals surface area contributed by atoms with E-state index in [0.717, 1.165) is 30.4 Å². The topological polar surface area (TPSA) is 17.1 Å². The smallest absolute Gasteiger partial charge is 0.170 e. The predicted octanol–water partition coefficient (Wildman–Crippen LogP) is 4.95. The normalized spacial score (nSPS) is 17.6. The van der Waals surface area contributed by atoms with Gasteiger partial charge >= 0.3 is 0 Å². The van der Waals surface area contributed by atoms with Crippen LogP contribution in [0.2, 0.25) is 5.02 Å². The third-order valence-corrected chi connectivity index (χ3v) is 4.55. The molecule has 2 heteroatoms. The lowest BCUT2D eigenvalue weighted by molar-refractivity contribution is 0.0951. The minimum Gasteiger partial charge on any atom is -0.293 e. The van der Waals surface area contributed by atoms with Gasteiger partial charge in [0, 0.05) is 16.5 Å². The quantitative estimate of drug-likeness (QED) is 0.713. The standard InChI is InChI=1S/C18H17ClO/c1-12-11-14(9-10-17(12)19)18(20)16-8-4-6-13-5-2-3-7-15(13)16/h2-3,5,7,9-11,16H,4,6,8H2,1H3. The van der Waals surface area contributed by atoms with Crippen LogP contribution in [0.25, 0.3) is 0 Å². The molecule has 1 aliphatic rings. The van der Waals surface area contributed by atoms with Gasteiger partial charge in [-0.2, -0.15) is 0 Å². The molecule has 20 heavy (non-hydrogen) atoms. The van der Waals surface area contributed by atoms with Crippen LogP contribution in [0.3, 0.4) is 0 Å². The minimum absolute atomic E-state index is 0.000487. The van der Waals surface area contributed by atoms with E-state index in [0.29, 0.717) is 5.02 Å². The molecule has 0 spiro atoms. The number of ketones is 1. The Morgan fingerprint density at radius 1 is 1.20 bits per heavy atom. The average molecular weight is 285 g/mol. The fourth-order valence-corrected chi connectivity index (χ4v) is 3.14. The summed E-state index contributed by atoms with van der Waals surface area (Å²) >= 11 is 6.04. The molecule has 2 aromatic rings. The Morgan fingerprint density at radius 3 is 2.80 bits per heavy atom. The Bertz CT molecular complexity index is 660. The van der Waals surface area contributed by atoms with Crippen molar-refractivity contribution in [1.82, 2.24) is 0 Å². The maximum Gasteiger partial charge on any atom is 0.170 e. The maximum atomic E-state index is 12.8. The average Bonchev–Trinajstić information content (AvgIpc) is 2.49. The van der Waals surface area contributed by atoms with Crippen molar-refractivity contribution < 1.29 is 4.79 Å². The van der Waals surface area contributed by atoms with Crippen LogP contribution in [0, 0.1) is 6.92 Å². The Labute approximate surface area is 124 Å². The van der Waals surface area contributed by atoms with Gasteiger partial charge in [0.1, 0.15) is 0 Å². The zero-order valence-electron chi connectivity index (χ0n) is 11.5. The first-order valence-electron chi connectivity index (χ1n) is 7.05. The van der Waals surface area contributed by atoms with Crippen molar-refractivity contribution in [3.63, 3.8) is 0 Å². The summed E-state index contributed by atoms with van der Waals surface area (Å²) in [7, 11) is 0. The van der Waals surface area contributed by atoms with E-state index in [1.807, 2.05) is 31.2 Å². The maximum absolute atomic E-state index is 12.8. The summed E-state index contributed by atoms with van der Waals surface area (Å²) in [5.74, 6) is 0.220. The molecule has 0 saturated heterocycles. The highest BCUT2D eigenvalue weighted by Gasteiger charge is 2.27. The third kappa shape index (κ3) is 2.38. The second-order valence-corrected chi connectivity index (χ2v) is 5.88. The number of aryl methyl sites for hydroxylation is 2. The van der Waals surface area contributed by atoms with E-state index >= 15 is 0 Å². The molecule has 102 valence electrons. The summed E-state index contributed by atoms with van der Waals surface area (Å²) in [6.07, 6.45) is 3.11. The molecule has 1 unspecified atom stereocenters. The molecular formula is C18H17ClO. The van der Waals surface area contributed by atoms with Crippen LogP contribution in [0.5, 0.6) is 0 Å². The molecule has 0 aliphatic heterocycles. The summed E-state index contributed by atoms with van der Waals surface area (Å²) in [5, 5.41) is 0.714. The largest absolute Gasteiger partial charge is 0.293 e. The van der Waals surface area contributed by atoms with Crippen LogP contribution < -0.4 is 0 Å². The number of halogens is 1. The zero-order valence-corrected chi connectivity index (χ0v) is 12.3. The summed E-state index contributed by atoms with van der Waals surface area (Å²) in [6.45, 7) is 1.94. The van der Waals surface area contributed by atoms with Crippen molar-refractivity contribution in [1.29, 1.82) is 0 Å². The molecule has 0 amide bonds. The van der Waals surface area contributed by atoms with Crippen molar-refractivity contribution in [2.24, 2.45) is 0 Å². The van der Waals surface area contributed by atoms with E-state index in [1.165, 1.54) is 11.1 Å². The molecule has 1 nitrogen and oxygen atoms in total. The van der Waals surface area contributed by atoms with Crippen LogP contribution in [0.15, 0.2) is 42.5 Å². The predicted molar refractivity (Wildman–Crippen MR) is 82.6 cm³/mol. The lowest BCUT2D eigenvalue weighted by Crippen LogP contribution is -2.18. The van der Waals surface area contributed by atoms with Crippen LogP contribution >= 0.6 is 11.6 Å². The highest BCUT2D eigenvalue weighted by Crippen LogP contribution is 2.34. The minimum atomic E-state index is 0.000487. The Kier molecular flexibility index (Phi) is 3.62. The monoisotopic (exact) mass is 284 g/mol. The Hall–Kier alpha value is -1.60. The van der Waals surface area contributed by atoms with Crippen LogP contribution in [0.1, 0.15) is 45.8 Å². The summed E-state index contributed by atoms with van der Waals surface area (Å²) in [4.78, 5) is 12.8. The van der Waals surface area contributed by atoms with Gasteiger partial charge in [0.2, 0.25) is 0 Å². The molecule has 0 fully saturated rings. The molecular weight excluding hydrogens is 268 g/mol. The van der Waals surface area contributed by atoms with E-state index in [-0.39, 0.29) is 11.7 Å². The Balaban J connectivity index is 1.97. The molecule has 0 heterocycles. The van der Waals surface area contributed by atoms with Crippen LogP contribution in [-0.2, 0) is 6.42 Å². The first-order valence-corrected chi connectivity index (χ1v) is 7.43. The number of hydrogen-bond donors (Lipinski definition) is 0. The molecule has 1 aliphatic carbocycles. The van der Waals surface area contributed by atoms with Gasteiger partial charge in [0.15, 0.2) is 5.78 Å². The molecule has 0 aromatic heterocycles. The molecule has 1 atom stereocenters. The SMILES string of the molecule is Cc1cc(C(=O)C2CCCc3ccccc32)ccc1Cl. The van der Waals surface area contributed by atoms with Gasteiger partial charge < -0.3 is 0 Å². The van der Waals surface area contributed by atoms with E-state index in [4.69, 9.17) is 11.6 Å². The second kappa shape index (κ2) is 5.41. The highest BCUT2D eigenvalue weighted by molar-refractivity contribution is 6.31. The number of carbonyl (C=O) groups is 1. The van der Waals surface area contributed by atoms with Gasteiger partial charge in [0.25, 0.3) is 0 Å². The third-order valence-electron chi connectivity index (χ3n) is 4.13. The fraction of sp³-hybridized carbons (Fsp3) is 0.278. The Morgan fingerprint density at radius 2 is 2.00 bits per heavy atom. The molecule has 3 rings (SSSR count). The number of benzene rings is 2. The molecule has 2 aromatic carbocycles. The summed E-state index contributed by atoms with van der Waals surface area (Å²) < 4.78 is 0. The lowest BCUT2D eigenvalue weighted by Gasteiger charge is -2.24. The molecule has 0 N–H and O–H groups in total. The second-order valence-electron chi connectivity index (χ2n) is 5.47. The van der Waals surface area contributed by atoms with Crippen LogP contribution in [-0.4, -0.2) is 5.78 Å². The van der Waals surface area contributed by atoms with Crippen LogP contribution in [0.4, 0.5) is 0 Å². The number of rotatable bonds is 2. The van der Waals surface area contributed by atoms with E-state index in [1.54, 1.807) is 0 Å². The molecule has 0 radical (unpaired) electrons. The van der Waals surface area contributed by atoms with Gasteiger partial charge in [0.05, 0.1) is 0 Å². The number of hydrogen-bond acceptors (Lipinski definition) is 1. The van der Waals surface area contributed by atoms with Crippen molar-refractivity contribution in [2.45, 2.75) is 32.1 Å². The van der Waals surface area contributed by atoms with Gasteiger partial charge in [-0.25, -0.2) is 0 Å².